The van der Waals surface area contributed by atoms with E-state index in [-0.39, 0.29) is 11.2 Å². The largest absolute Gasteiger partial charge is 0.358 e. The molecule has 1 N–H and O–H groups in total. The molecule has 0 bridgehead atoms. The molecule has 20 heavy (non-hydrogen) atoms. The molecule has 0 amide bonds. The predicted octanol–water partition coefficient (Wildman–Crippen LogP) is 3.95. The van der Waals surface area contributed by atoms with Crippen LogP contribution in [0.15, 0.2) is 47.3 Å². The fourth-order valence-corrected chi connectivity index (χ4v) is 2.59. The third kappa shape index (κ3) is 2.01. The van der Waals surface area contributed by atoms with Crippen LogP contribution in [-0.4, -0.2) is 4.98 Å². The van der Waals surface area contributed by atoms with Gasteiger partial charge in [0.25, 0.3) is 0 Å². The number of halogens is 1. The Morgan fingerprint density at radius 2 is 1.70 bits per heavy atom. The second-order valence-corrected chi connectivity index (χ2v) is 4.98. The van der Waals surface area contributed by atoms with Gasteiger partial charge >= 0.3 is 0 Å². The SMILES string of the molecule is Cc1cc(=O)c2c(C)c(-c3ccc(F)cc3)ccc2[nH]1. The Kier molecular flexibility index (Phi) is 2.90. The van der Waals surface area contributed by atoms with Crippen LogP contribution >= 0.6 is 0 Å². The molecule has 2 aromatic carbocycles. The van der Waals surface area contributed by atoms with Crippen molar-refractivity contribution in [1.82, 2.24) is 4.98 Å². The predicted molar refractivity (Wildman–Crippen MR) is 79.4 cm³/mol. The van der Waals surface area contributed by atoms with Gasteiger partial charge in [0.05, 0.1) is 0 Å². The number of nitrogens with one attached hydrogen (secondary N) is 1. The van der Waals surface area contributed by atoms with E-state index in [1.54, 1.807) is 18.2 Å². The summed E-state index contributed by atoms with van der Waals surface area (Å²) in [6.07, 6.45) is 0. The first kappa shape index (κ1) is 12.6. The molecule has 1 aromatic heterocycles. The lowest BCUT2D eigenvalue weighted by Crippen LogP contribution is -2.05. The summed E-state index contributed by atoms with van der Waals surface area (Å²) in [5.74, 6) is -0.263. The van der Waals surface area contributed by atoms with E-state index in [0.29, 0.717) is 5.39 Å². The number of H-pyrrole nitrogens is 1. The van der Waals surface area contributed by atoms with Crippen molar-refractivity contribution >= 4 is 10.9 Å². The molecule has 0 aliphatic carbocycles. The molecule has 0 fully saturated rings. The number of pyridine rings is 1. The van der Waals surface area contributed by atoms with Gasteiger partial charge in [-0.1, -0.05) is 18.2 Å². The minimum Gasteiger partial charge on any atom is -0.358 e. The van der Waals surface area contributed by atoms with Crippen molar-refractivity contribution < 1.29 is 4.39 Å². The quantitative estimate of drug-likeness (QED) is 0.711. The number of aryl methyl sites for hydroxylation is 2. The van der Waals surface area contributed by atoms with Gasteiger partial charge in [-0.05, 0) is 48.7 Å². The molecule has 3 heteroatoms. The maximum Gasteiger partial charge on any atom is 0.189 e. The van der Waals surface area contributed by atoms with E-state index in [9.17, 15) is 9.18 Å². The Labute approximate surface area is 115 Å². The second-order valence-electron chi connectivity index (χ2n) is 4.98. The van der Waals surface area contributed by atoms with E-state index in [2.05, 4.69) is 4.98 Å². The summed E-state index contributed by atoms with van der Waals surface area (Å²) in [4.78, 5) is 15.4. The van der Waals surface area contributed by atoms with Crippen molar-refractivity contribution in [1.29, 1.82) is 0 Å². The minimum atomic E-state index is -0.263. The van der Waals surface area contributed by atoms with Gasteiger partial charge in [-0.15, -0.1) is 0 Å². The third-order valence-corrected chi connectivity index (χ3v) is 3.55. The topological polar surface area (TPSA) is 32.9 Å². The number of rotatable bonds is 1. The van der Waals surface area contributed by atoms with Crippen LogP contribution in [0.2, 0.25) is 0 Å². The van der Waals surface area contributed by atoms with Crippen molar-refractivity contribution in [3.63, 3.8) is 0 Å². The number of aromatic amines is 1. The first-order valence-electron chi connectivity index (χ1n) is 6.45. The molecule has 3 rings (SSSR count). The highest BCUT2D eigenvalue weighted by atomic mass is 19.1. The van der Waals surface area contributed by atoms with Crippen LogP contribution in [-0.2, 0) is 0 Å². The van der Waals surface area contributed by atoms with E-state index in [0.717, 1.165) is 27.9 Å². The number of benzene rings is 2. The molecule has 100 valence electrons. The number of hydrogen-bond acceptors (Lipinski definition) is 1. The second kappa shape index (κ2) is 4.60. The average molecular weight is 267 g/mol. The summed E-state index contributed by atoms with van der Waals surface area (Å²) in [5, 5.41) is 0.692. The maximum absolute atomic E-state index is 13.0. The highest BCUT2D eigenvalue weighted by Crippen LogP contribution is 2.27. The molecule has 3 aromatic rings. The molecular weight excluding hydrogens is 253 g/mol. The summed E-state index contributed by atoms with van der Waals surface area (Å²) >= 11 is 0. The molecule has 1 heterocycles. The van der Waals surface area contributed by atoms with Gasteiger partial charge in [-0.25, -0.2) is 4.39 Å². The lowest BCUT2D eigenvalue weighted by Gasteiger charge is -2.10. The van der Waals surface area contributed by atoms with Crippen LogP contribution in [0.3, 0.4) is 0 Å². The monoisotopic (exact) mass is 267 g/mol. The Morgan fingerprint density at radius 3 is 2.40 bits per heavy atom. The molecule has 0 radical (unpaired) electrons. The molecule has 0 unspecified atom stereocenters. The Hall–Kier alpha value is -2.42. The van der Waals surface area contributed by atoms with E-state index in [1.807, 2.05) is 26.0 Å². The Balaban J connectivity index is 2.31. The summed E-state index contributed by atoms with van der Waals surface area (Å²) in [5.41, 5.74) is 4.46. The molecular formula is C17H14FNO. The molecule has 0 saturated heterocycles. The van der Waals surface area contributed by atoms with E-state index < -0.39 is 0 Å². The Morgan fingerprint density at radius 1 is 1.00 bits per heavy atom. The zero-order chi connectivity index (χ0) is 14.3. The van der Waals surface area contributed by atoms with E-state index in [4.69, 9.17) is 0 Å². The van der Waals surface area contributed by atoms with Crippen LogP contribution in [0.5, 0.6) is 0 Å². The summed E-state index contributed by atoms with van der Waals surface area (Å²) in [6.45, 7) is 3.79. The maximum atomic E-state index is 13.0. The normalized spacial score (nSPS) is 10.9. The zero-order valence-electron chi connectivity index (χ0n) is 11.3. The summed E-state index contributed by atoms with van der Waals surface area (Å²) in [7, 11) is 0. The molecule has 0 spiro atoms. The lowest BCUT2D eigenvalue weighted by atomic mass is 9.96. The van der Waals surface area contributed by atoms with Gasteiger partial charge < -0.3 is 4.98 Å². The molecule has 2 nitrogen and oxygen atoms in total. The number of hydrogen-bond donors (Lipinski definition) is 1. The smallest absolute Gasteiger partial charge is 0.189 e. The Bertz CT molecular complexity index is 847. The number of aromatic nitrogens is 1. The fourth-order valence-electron chi connectivity index (χ4n) is 2.59. The highest BCUT2D eigenvalue weighted by Gasteiger charge is 2.09. The van der Waals surface area contributed by atoms with Crippen LogP contribution in [0.1, 0.15) is 11.3 Å². The first-order valence-corrected chi connectivity index (χ1v) is 6.45. The first-order chi connectivity index (χ1) is 9.56. The van der Waals surface area contributed by atoms with Gasteiger partial charge in [0.1, 0.15) is 5.82 Å². The van der Waals surface area contributed by atoms with Crippen LogP contribution in [0.25, 0.3) is 22.0 Å². The molecule has 0 atom stereocenters. The van der Waals surface area contributed by atoms with Crippen molar-refractivity contribution in [3.8, 4) is 11.1 Å². The third-order valence-electron chi connectivity index (χ3n) is 3.55. The molecule has 0 saturated carbocycles. The summed E-state index contributed by atoms with van der Waals surface area (Å²) in [6, 6.07) is 11.8. The van der Waals surface area contributed by atoms with Crippen molar-refractivity contribution in [2.45, 2.75) is 13.8 Å². The summed E-state index contributed by atoms with van der Waals surface area (Å²) < 4.78 is 13.0. The average Bonchev–Trinajstić information content (AvgIpc) is 2.39. The molecule has 0 aliphatic rings. The van der Waals surface area contributed by atoms with Crippen LogP contribution in [0, 0.1) is 19.7 Å². The van der Waals surface area contributed by atoms with E-state index in [1.165, 1.54) is 12.1 Å². The van der Waals surface area contributed by atoms with Crippen LogP contribution in [0.4, 0.5) is 4.39 Å². The van der Waals surface area contributed by atoms with Gasteiger partial charge in [0.2, 0.25) is 0 Å². The van der Waals surface area contributed by atoms with Gasteiger partial charge in [0.15, 0.2) is 5.43 Å². The molecule has 0 aliphatic heterocycles. The standard InChI is InChI=1S/C17H14FNO/c1-10-9-16(20)17-11(2)14(7-8-15(17)19-10)12-3-5-13(18)6-4-12/h3-9H,1-2H3,(H,19,20). The highest BCUT2D eigenvalue weighted by molar-refractivity contribution is 5.89. The van der Waals surface area contributed by atoms with Gasteiger partial charge in [0, 0.05) is 22.7 Å². The van der Waals surface area contributed by atoms with E-state index >= 15 is 0 Å². The van der Waals surface area contributed by atoms with Crippen molar-refractivity contribution in [2.24, 2.45) is 0 Å². The zero-order valence-corrected chi connectivity index (χ0v) is 11.3. The minimum absolute atomic E-state index is 0.0118. The number of fused-ring (bicyclic) bond motifs is 1. The van der Waals surface area contributed by atoms with Crippen molar-refractivity contribution in [2.75, 3.05) is 0 Å². The van der Waals surface area contributed by atoms with Crippen molar-refractivity contribution in [3.05, 3.63) is 69.8 Å². The fraction of sp³-hybridized carbons (Fsp3) is 0.118. The lowest BCUT2D eigenvalue weighted by molar-refractivity contribution is 0.628. The van der Waals surface area contributed by atoms with Gasteiger partial charge in [-0.3, -0.25) is 4.79 Å². The van der Waals surface area contributed by atoms with Gasteiger partial charge in [-0.2, -0.15) is 0 Å². The van der Waals surface area contributed by atoms with Crippen LogP contribution < -0.4 is 5.43 Å².